The van der Waals surface area contributed by atoms with E-state index in [9.17, 15) is 14.0 Å². The lowest BCUT2D eigenvalue weighted by Gasteiger charge is -2.14. The Hall–Kier alpha value is -2.40. The quantitative estimate of drug-likeness (QED) is 0.877. The van der Waals surface area contributed by atoms with E-state index in [-0.39, 0.29) is 29.3 Å². The highest BCUT2D eigenvalue weighted by molar-refractivity contribution is 6.31. The Kier molecular flexibility index (Phi) is 5.71. The number of hydrogen-bond acceptors (Lipinski definition) is 2. The number of carbonyl (C=O) groups excluding carboxylic acids is 2. The number of rotatable bonds is 5. The second-order valence-corrected chi connectivity index (χ2v) is 5.53. The van der Waals surface area contributed by atoms with Gasteiger partial charge in [-0.25, -0.2) is 4.39 Å². The van der Waals surface area contributed by atoms with Crippen LogP contribution in [-0.2, 0) is 4.79 Å². The second-order valence-electron chi connectivity index (χ2n) is 5.12. The van der Waals surface area contributed by atoms with Crippen LogP contribution in [0.5, 0.6) is 0 Å². The SMILES string of the molecule is CC(CC(=O)Nc1ccc(F)c(Cl)c1)NC(=O)c1ccccc1. The minimum Gasteiger partial charge on any atom is -0.349 e. The molecule has 0 aliphatic heterocycles. The van der Waals surface area contributed by atoms with Crippen LogP contribution < -0.4 is 10.6 Å². The second kappa shape index (κ2) is 7.74. The van der Waals surface area contributed by atoms with Gasteiger partial charge in [0.1, 0.15) is 5.82 Å². The molecule has 0 fully saturated rings. The highest BCUT2D eigenvalue weighted by atomic mass is 35.5. The van der Waals surface area contributed by atoms with Crippen LogP contribution in [0.2, 0.25) is 5.02 Å². The fourth-order valence-corrected chi connectivity index (χ4v) is 2.19. The minimum absolute atomic E-state index is 0.0618. The number of hydrogen-bond donors (Lipinski definition) is 2. The molecule has 2 N–H and O–H groups in total. The van der Waals surface area contributed by atoms with E-state index >= 15 is 0 Å². The van der Waals surface area contributed by atoms with Gasteiger partial charge in [0.25, 0.3) is 5.91 Å². The van der Waals surface area contributed by atoms with Crippen molar-refractivity contribution in [3.8, 4) is 0 Å². The van der Waals surface area contributed by atoms with Gasteiger partial charge in [-0.2, -0.15) is 0 Å². The lowest BCUT2D eigenvalue weighted by molar-refractivity contribution is -0.116. The van der Waals surface area contributed by atoms with Crippen molar-refractivity contribution in [1.82, 2.24) is 5.32 Å². The van der Waals surface area contributed by atoms with Gasteiger partial charge >= 0.3 is 0 Å². The monoisotopic (exact) mass is 334 g/mol. The molecule has 6 heteroatoms. The van der Waals surface area contributed by atoms with E-state index in [4.69, 9.17) is 11.6 Å². The molecule has 2 rings (SSSR count). The number of halogens is 2. The lowest BCUT2D eigenvalue weighted by atomic mass is 10.1. The Balaban J connectivity index is 1.87. The van der Waals surface area contributed by atoms with Gasteiger partial charge in [-0.05, 0) is 37.3 Å². The number of anilines is 1. The zero-order chi connectivity index (χ0) is 16.8. The van der Waals surface area contributed by atoms with Gasteiger partial charge in [-0.15, -0.1) is 0 Å². The first-order valence-electron chi connectivity index (χ1n) is 7.06. The first-order chi connectivity index (χ1) is 11.0. The molecule has 0 saturated heterocycles. The molecule has 0 aliphatic carbocycles. The Morgan fingerprint density at radius 3 is 2.52 bits per heavy atom. The summed E-state index contributed by atoms with van der Waals surface area (Å²) < 4.78 is 13.1. The third-order valence-electron chi connectivity index (χ3n) is 3.11. The van der Waals surface area contributed by atoms with Crippen molar-refractivity contribution in [2.75, 3.05) is 5.32 Å². The molecule has 120 valence electrons. The Labute approximate surface area is 138 Å². The number of amides is 2. The van der Waals surface area contributed by atoms with Crippen molar-refractivity contribution < 1.29 is 14.0 Å². The number of benzene rings is 2. The summed E-state index contributed by atoms with van der Waals surface area (Å²) in [5.41, 5.74) is 0.938. The summed E-state index contributed by atoms with van der Waals surface area (Å²) in [5.74, 6) is -1.09. The average molecular weight is 335 g/mol. The summed E-state index contributed by atoms with van der Waals surface area (Å²) in [4.78, 5) is 23.9. The van der Waals surface area contributed by atoms with Crippen LogP contribution in [0, 0.1) is 5.82 Å². The molecule has 2 aromatic carbocycles. The van der Waals surface area contributed by atoms with E-state index in [0.29, 0.717) is 11.3 Å². The van der Waals surface area contributed by atoms with Crippen LogP contribution in [0.1, 0.15) is 23.7 Å². The van der Waals surface area contributed by atoms with Gasteiger partial charge in [-0.3, -0.25) is 9.59 Å². The number of carbonyl (C=O) groups is 2. The first-order valence-corrected chi connectivity index (χ1v) is 7.44. The van der Waals surface area contributed by atoms with Crippen LogP contribution in [0.3, 0.4) is 0 Å². The lowest BCUT2D eigenvalue weighted by Crippen LogP contribution is -2.35. The van der Waals surface area contributed by atoms with Gasteiger partial charge in [0, 0.05) is 23.7 Å². The molecule has 2 aromatic rings. The summed E-state index contributed by atoms with van der Waals surface area (Å²) >= 11 is 5.66. The molecular weight excluding hydrogens is 319 g/mol. The van der Waals surface area contributed by atoms with Gasteiger partial charge in [0.15, 0.2) is 0 Å². The predicted molar refractivity (Wildman–Crippen MR) is 88.0 cm³/mol. The summed E-state index contributed by atoms with van der Waals surface area (Å²) in [6, 6.07) is 12.3. The van der Waals surface area contributed by atoms with Crippen LogP contribution in [-0.4, -0.2) is 17.9 Å². The molecule has 2 amide bonds. The molecule has 23 heavy (non-hydrogen) atoms. The molecule has 0 bridgehead atoms. The Morgan fingerprint density at radius 1 is 1.17 bits per heavy atom. The van der Waals surface area contributed by atoms with E-state index < -0.39 is 5.82 Å². The smallest absolute Gasteiger partial charge is 0.251 e. The van der Waals surface area contributed by atoms with Crippen LogP contribution in [0.25, 0.3) is 0 Å². The Bertz CT molecular complexity index is 707. The van der Waals surface area contributed by atoms with E-state index in [1.165, 1.54) is 18.2 Å². The van der Waals surface area contributed by atoms with E-state index in [1.54, 1.807) is 31.2 Å². The molecule has 0 spiro atoms. The fourth-order valence-electron chi connectivity index (χ4n) is 2.01. The van der Waals surface area contributed by atoms with Crippen molar-refractivity contribution in [1.29, 1.82) is 0 Å². The van der Waals surface area contributed by atoms with Crippen molar-refractivity contribution in [3.05, 3.63) is 64.9 Å². The van der Waals surface area contributed by atoms with Crippen molar-refractivity contribution >= 4 is 29.1 Å². The van der Waals surface area contributed by atoms with Crippen molar-refractivity contribution in [3.63, 3.8) is 0 Å². The maximum atomic E-state index is 13.1. The third-order valence-corrected chi connectivity index (χ3v) is 3.40. The molecule has 0 aromatic heterocycles. The maximum Gasteiger partial charge on any atom is 0.251 e. The molecule has 0 heterocycles. The van der Waals surface area contributed by atoms with Crippen LogP contribution in [0.4, 0.5) is 10.1 Å². The minimum atomic E-state index is -0.548. The van der Waals surface area contributed by atoms with Gasteiger partial charge in [0.05, 0.1) is 5.02 Å². The average Bonchev–Trinajstić information content (AvgIpc) is 2.51. The first kappa shape index (κ1) is 17.0. The van der Waals surface area contributed by atoms with Crippen LogP contribution in [0.15, 0.2) is 48.5 Å². The normalized spacial score (nSPS) is 11.6. The summed E-state index contributed by atoms with van der Waals surface area (Å²) in [6.07, 6.45) is 0.0908. The van der Waals surface area contributed by atoms with Crippen molar-refractivity contribution in [2.45, 2.75) is 19.4 Å². The molecule has 1 atom stereocenters. The van der Waals surface area contributed by atoms with E-state index in [2.05, 4.69) is 10.6 Å². The molecule has 1 unspecified atom stereocenters. The van der Waals surface area contributed by atoms with Crippen LogP contribution >= 0.6 is 11.6 Å². The number of nitrogens with one attached hydrogen (secondary N) is 2. The molecular formula is C17H16ClFN2O2. The molecule has 0 radical (unpaired) electrons. The largest absolute Gasteiger partial charge is 0.349 e. The molecule has 0 saturated carbocycles. The molecule has 0 aliphatic rings. The zero-order valence-electron chi connectivity index (χ0n) is 12.5. The zero-order valence-corrected chi connectivity index (χ0v) is 13.2. The predicted octanol–water partition coefficient (Wildman–Crippen LogP) is 3.63. The van der Waals surface area contributed by atoms with Gasteiger partial charge in [0.2, 0.25) is 5.91 Å². The van der Waals surface area contributed by atoms with Gasteiger partial charge in [-0.1, -0.05) is 29.8 Å². The standard InChI is InChI=1S/C17H16ClFN2O2/c1-11(20-17(23)12-5-3-2-4-6-12)9-16(22)21-13-7-8-15(19)14(18)10-13/h2-8,10-11H,9H2,1H3,(H,20,23)(H,21,22). The topological polar surface area (TPSA) is 58.2 Å². The highest BCUT2D eigenvalue weighted by Crippen LogP contribution is 2.19. The summed E-state index contributed by atoms with van der Waals surface area (Å²) in [6.45, 7) is 1.73. The molecule has 4 nitrogen and oxygen atoms in total. The Morgan fingerprint density at radius 2 is 1.87 bits per heavy atom. The van der Waals surface area contributed by atoms with E-state index in [0.717, 1.165) is 0 Å². The highest BCUT2D eigenvalue weighted by Gasteiger charge is 2.13. The fraction of sp³-hybridized carbons (Fsp3) is 0.176. The summed E-state index contributed by atoms with van der Waals surface area (Å²) in [5, 5.41) is 5.30. The van der Waals surface area contributed by atoms with E-state index in [1.807, 2.05) is 6.07 Å². The van der Waals surface area contributed by atoms with Crippen molar-refractivity contribution in [2.24, 2.45) is 0 Å². The summed E-state index contributed by atoms with van der Waals surface area (Å²) in [7, 11) is 0. The van der Waals surface area contributed by atoms with Gasteiger partial charge < -0.3 is 10.6 Å². The maximum absolute atomic E-state index is 13.1. The third kappa shape index (κ3) is 5.07.